The van der Waals surface area contributed by atoms with Gasteiger partial charge in [0.25, 0.3) is 0 Å². The lowest BCUT2D eigenvalue weighted by molar-refractivity contribution is -0.140. The molecule has 2 aromatic rings. The molecule has 0 fully saturated rings. The van der Waals surface area contributed by atoms with E-state index in [-0.39, 0.29) is 5.97 Å². The third kappa shape index (κ3) is 2.71. The minimum Gasteiger partial charge on any atom is -0.469 e. The Morgan fingerprint density at radius 2 is 2.28 bits per heavy atom. The Kier molecular flexibility index (Phi) is 3.99. The number of ether oxygens (including phenoxy) is 1. The molecule has 18 heavy (non-hydrogen) atoms. The first-order chi connectivity index (χ1) is 8.72. The Bertz CT molecular complexity index is 572. The van der Waals surface area contributed by atoms with Gasteiger partial charge in [0.2, 0.25) is 0 Å². The second-order valence-corrected chi connectivity index (χ2v) is 4.15. The molecule has 0 bridgehead atoms. The molecule has 0 atom stereocenters. The van der Waals surface area contributed by atoms with Gasteiger partial charge in [0.15, 0.2) is 0 Å². The fourth-order valence-electron chi connectivity index (χ4n) is 1.68. The number of carbonyl (C=O) groups is 1. The first kappa shape index (κ1) is 12.6. The average molecular weight is 265 g/mol. The lowest BCUT2D eigenvalue weighted by Gasteiger charge is -2.09. The quantitative estimate of drug-likeness (QED) is 0.863. The number of esters is 1. The van der Waals surface area contributed by atoms with Crippen LogP contribution in [-0.4, -0.2) is 24.6 Å². The van der Waals surface area contributed by atoms with Crippen LogP contribution in [0.25, 0.3) is 10.9 Å². The summed E-state index contributed by atoms with van der Waals surface area (Å²) in [5, 5.41) is 4.71. The van der Waals surface area contributed by atoms with Gasteiger partial charge < -0.3 is 10.1 Å². The zero-order chi connectivity index (χ0) is 13.0. The molecule has 0 spiro atoms. The molecule has 0 radical (unpaired) electrons. The van der Waals surface area contributed by atoms with Crippen LogP contribution in [0, 0.1) is 0 Å². The van der Waals surface area contributed by atoms with E-state index in [1.807, 2.05) is 24.3 Å². The summed E-state index contributed by atoms with van der Waals surface area (Å²) < 4.78 is 4.58. The van der Waals surface area contributed by atoms with Crippen LogP contribution in [0.15, 0.2) is 30.5 Å². The summed E-state index contributed by atoms with van der Waals surface area (Å²) in [6.45, 7) is 0.500. The van der Waals surface area contributed by atoms with Crippen LogP contribution in [0.1, 0.15) is 6.42 Å². The molecule has 0 unspecified atom stereocenters. The van der Waals surface area contributed by atoms with E-state index in [0.29, 0.717) is 18.0 Å². The fourth-order valence-corrected chi connectivity index (χ4v) is 1.90. The van der Waals surface area contributed by atoms with E-state index in [1.54, 1.807) is 6.20 Å². The molecular formula is C13H13ClN2O2. The summed E-state index contributed by atoms with van der Waals surface area (Å²) in [5.41, 5.74) is 1.66. The second-order valence-electron chi connectivity index (χ2n) is 3.75. The van der Waals surface area contributed by atoms with Gasteiger partial charge in [-0.15, -0.1) is 0 Å². The molecule has 0 aliphatic rings. The number of anilines is 1. The number of nitrogens with zero attached hydrogens (tertiary/aromatic N) is 1. The summed E-state index contributed by atoms with van der Waals surface area (Å²) in [6.07, 6.45) is 2.03. The van der Waals surface area contributed by atoms with E-state index in [0.717, 1.165) is 16.6 Å². The Balaban J connectivity index is 2.18. The largest absolute Gasteiger partial charge is 0.469 e. The number of fused-ring (bicyclic) bond motifs is 1. The fraction of sp³-hybridized carbons (Fsp3) is 0.231. The summed E-state index contributed by atoms with van der Waals surface area (Å²) in [6, 6.07) is 7.42. The normalized spacial score (nSPS) is 10.3. The topological polar surface area (TPSA) is 51.2 Å². The van der Waals surface area contributed by atoms with Crippen molar-refractivity contribution in [2.75, 3.05) is 19.0 Å². The molecule has 1 aromatic carbocycles. The standard InChI is InChI=1S/C13H13ClN2O2/c1-18-12(17)6-8-15-11-5-4-10(14)9-3-2-7-16-13(9)11/h2-5,7,15H,6,8H2,1H3. The molecule has 1 heterocycles. The maximum Gasteiger partial charge on any atom is 0.307 e. The average Bonchev–Trinajstić information content (AvgIpc) is 2.41. The molecule has 0 amide bonds. The van der Waals surface area contributed by atoms with Gasteiger partial charge in [-0.3, -0.25) is 9.78 Å². The number of carbonyl (C=O) groups excluding carboxylic acids is 1. The van der Waals surface area contributed by atoms with E-state index < -0.39 is 0 Å². The predicted octanol–water partition coefficient (Wildman–Crippen LogP) is 2.86. The van der Waals surface area contributed by atoms with Crippen LogP contribution in [0.3, 0.4) is 0 Å². The van der Waals surface area contributed by atoms with Gasteiger partial charge in [0.05, 0.1) is 29.8 Å². The zero-order valence-electron chi connectivity index (χ0n) is 9.94. The SMILES string of the molecule is COC(=O)CCNc1ccc(Cl)c2cccnc12. The number of nitrogens with one attached hydrogen (secondary N) is 1. The number of hydrogen-bond acceptors (Lipinski definition) is 4. The van der Waals surface area contributed by atoms with Gasteiger partial charge in [-0.2, -0.15) is 0 Å². The van der Waals surface area contributed by atoms with E-state index in [1.165, 1.54) is 7.11 Å². The van der Waals surface area contributed by atoms with Crippen molar-refractivity contribution in [2.24, 2.45) is 0 Å². The van der Waals surface area contributed by atoms with Crippen molar-refractivity contribution in [1.29, 1.82) is 0 Å². The molecule has 1 N–H and O–H groups in total. The molecule has 0 aliphatic heterocycles. The maximum atomic E-state index is 11.0. The Hall–Kier alpha value is -1.81. The first-order valence-corrected chi connectivity index (χ1v) is 5.94. The number of pyridine rings is 1. The van der Waals surface area contributed by atoms with Crippen molar-refractivity contribution in [3.8, 4) is 0 Å². The second kappa shape index (κ2) is 5.69. The van der Waals surface area contributed by atoms with Crippen molar-refractivity contribution in [2.45, 2.75) is 6.42 Å². The highest BCUT2D eigenvalue weighted by Crippen LogP contribution is 2.27. The van der Waals surface area contributed by atoms with Crippen LogP contribution in [0.4, 0.5) is 5.69 Å². The monoisotopic (exact) mass is 264 g/mol. The van der Waals surface area contributed by atoms with Gasteiger partial charge in [-0.1, -0.05) is 11.6 Å². The Labute approximate surface area is 110 Å². The molecule has 94 valence electrons. The first-order valence-electron chi connectivity index (χ1n) is 5.56. The van der Waals surface area contributed by atoms with Crippen LogP contribution in [-0.2, 0) is 9.53 Å². The highest BCUT2D eigenvalue weighted by Gasteiger charge is 2.06. The highest BCUT2D eigenvalue weighted by molar-refractivity contribution is 6.35. The van der Waals surface area contributed by atoms with Gasteiger partial charge in [0, 0.05) is 18.1 Å². The van der Waals surface area contributed by atoms with E-state index >= 15 is 0 Å². The number of rotatable bonds is 4. The van der Waals surface area contributed by atoms with E-state index in [9.17, 15) is 4.79 Å². The van der Waals surface area contributed by atoms with Gasteiger partial charge in [0.1, 0.15) is 0 Å². The van der Waals surface area contributed by atoms with Gasteiger partial charge in [-0.25, -0.2) is 0 Å². The van der Waals surface area contributed by atoms with E-state index in [2.05, 4.69) is 15.0 Å². The third-order valence-corrected chi connectivity index (χ3v) is 2.92. The Morgan fingerprint density at radius 1 is 1.44 bits per heavy atom. The van der Waals surface area contributed by atoms with Crippen LogP contribution in [0.5, 0.6) is 0 Å². The lowest BCUT2D eigenvalue weighted by atomic mass is 10.2. The highest BCUT2D eigenvalue weighted by atomic mass is 35.5. The van der Waals surface area contributed by atoms with Crippen molar-refractivity contribution in [1.82, 2.24) is 4.98 Å². The number of halogens is 1. The summed E-state index contributed by atoms with van der Waals surface area (Å²) in [7, 11) is 1.38. The van der Waals surface area contributed by atoms with Crippen molar-refractivity contribution >= 4 is 34.2 Å². The third-order valence-electron chi connectivity index (χ3n) is 2.59. The maximum absolute atomic E-state index is 11.0. The minimum atomic E-state index is -0.242. The lowest BCUT2D eigenvalue weighted by Crippen LogP contribution is -2.10. The van der Waals surface area contributed by atoms with Crippen LogP contribution < -0.4 is 5.32 Å². The van der Waals surface area contributed by atoms with Crippen molar-refractivity contribution in [3.63, 3.8) is 0 Å². The predicted molar refractivity (Wildman–Crippen MR) is 71.9 cm³/mol. The van der Waals surface area contributed by atoms with E-state index in [4.69, 9.17) is 11.6 Å². The molecule has 2 rings (SSSR count). The molecule has 1 aromatic heterocycles. The smallest absolute Gasteiger partial charge is 0.307 e. The van der Waals surface area contributed by atoms with Crippen LogP contribution >= 0.6 is 11.6 Å². The van der Waals surface area contributed by atoms with Crippen LogP contribution in [0.2, 0.25) is 5.02 Å². The zero-order valence-corrected chi connectivity index (χ0v) is 10.7. The van der Waals surface area contributed by atoms with Gasteiger partial charge >= 0.3 is 5.97 Å². The molecule has 4 nitrogen and oxygen atoms in total. The number of methoxy groups -OCH3 is 1. The molecular weight excluding hydrogens is 252 g/mol. The summed E-state index contributed by atoms with van der Waals surface area (Å²) >= 11 is 6.09. The molecule has 0 aliphatic carbocycles. The molecule has 0 saturated carbocycles. The minimum absolute atomic E-state index is 0.242. The summed E-state index contributed by atoms with van der Waals surface area (Å²) in [5.74, 6) is -0.242. The van der Waals surface area contributed by atoms with Crippen molar-refractivity contribution < 1.29 is 9.53 Å². The Morgan fingerprint density at radius 3 is 3.06 bits per heavy atom. The van der Waals surface area contributed by atoms with Gasteiger partial charge in [-0.05, 0) is 24.3 Å². The summed E-state index contributed by atoms with van der Waals surface area (Å²) in [4.78, 5) is 15.3. The molecule has 0 saturated heterocycles. The molecule has 5 heteroatoms. The number of hydrogen-bond donors (Lipinski definition) is 1. The number of benzene rings is 1. The van der Waals surface area contributed by atoms with Crippen molar-refractivity contribution in [3.05, 3.63) is 35.5 Å². The number of aromatic nitrogens is 1.